The smallest absolute Gasteiger partial charge is 0.307 e. The molecule has 1 aromatic carbocycles. The second-order valence-electron chi connectivity index (χ2n) is 3.68. The van der Waals surface area contributed by atoms with Crippen molar-refractivity contribution in [1.82, 2.24) is 0 Å². The number of nitrogens with zero attached hydrogens (tertiary/aromatic N) is 1. The summed E-state index contributed by atoms with van der Waals surface area (Å²) in [6.07, 6.45) is 0.384. The van der Waals surface area contributed by atoms with Crippen LogP contribution in [0.25, 0.3) is 0 Å². The van der Waals surface area contributed by atoms with Crippen molar-refractivity contribution < 1.29 is 9.53 Å². The summed E-state index contributed by atoms with van der Waals surface area (Å²) in [5.41, 5.74) is 2.17. The van der Waals surface area contributed by atoms with Gasteiger partial charge in [-0.25, -0.2) is 0 Å². The molecular formula is C12H16ClNO2. The number of rotatable bonds is 4. The first-order valence-corrected chi connectivity index (χ1v) is 5.46. The summed E-state index contributed by atoms with van der Waals surface area (Å²) >= 11 is 5.88. The lowest BCUT2D eigenvalue weighted by Crippen LogP contribution is -2.22. The highest BCUT2D eigenvalue weighted by atomic mass is 35.5. The van der Waals surface area contributed by atoms with E-state index in [9.17, 15) is 4.79 Å². The van der Waals surface area contributed by atoms with Crippen molar-refractivity contribution in [3.63, 3.8) is 0 Å². The zero-order chi connectivity index (χ0) is 12.1. The molecule has 1 aromatic rings. The molecule has 0 spiro atoms. The number of carbonyl (C=O) groups is 1. The van der Waals surface area contributed by atoms with Crippen molar-refractivity contribution in [2.24, 2.45) is 0 Å². The molecule has 0 amide bonds. The van der Waals surface area contributed by atoms with Crippen molar-refractivity contribution in [1.29, 1.82) is 0 Å². The maximum absolute atomic E-state index is 11.0. The number of hydrogen-bond acceptors (Lipinski definition) is 3. The van der Waals surface area contributed by atoms with E-state index >= 15 is 0 Å². The summed E-state index contributed by atoms with van der Waals surface area (Å²) < 4.78 is 4.60. The number of hydrogen-bond donors (Lipinski definition) is 0. The lowest BCUT2D eigenvalue weighted by molar-refractivity contribution is -0.140. The lowest BCUT2D eigenvalue weighted by Gasteiger charge is -2.20. The maximum Gasteiger partial charge on any atom is 0.307 e. The molecule has 0 fully saturated rings. The van der Waals surface area contributed by atoms with Gasteiger partial charge in [-0.15, -0.1) is 0 Å². The van der Waals surface area contributed by atoms with Crippen LogP contribution >= 0.6 is 11.6 Å². The molecule has 0 bridgehead atoms. The Morgan fingerprint density at radius 3 is 2.75 bits per heavy atom. The molecular weight excluding hydrogens is 226 g/mol. The van der Waals surface area contributed by atoms with Crippen molar-refractivity contribution >= 4 is 23.3 Å². The molecule has 0 saturated carbocycles. The summed E-state index contributed by atoms with van der Waals surface area (Å²) in [5.74, 6) is -0.196. The van der Waals surface area contributed by atoms with Gasteiger partial charge in [-0.2, -0.15) is 0 Å². The third-order valence-corrected chi connectivity index (χ3v) is 2.68. The largest absolute Gasteiger partial charge is 0.469 e. The minimum atomic E-state index is -0.196. The van der Waals surface area contributed by atoms with Gasteiger partial charge in [-0.1, -0.05) is 11.6 Å². The summed E-state index contributed by atoms with van der Waals surface area (Å²) in [6, 6.07) is 5.71. The van der Waals surface area contributed by atoms with Gasteiger partial charge in [0.05, 0.1) is 13.5 Å². The molecule has 0 aliphatic rings. The Hall–Kier alpha value is -1.22. The van der Waals surface area contributed by atoms with Crippen LogP contribution in [-0.2, 0) is 9.53 Å². The predicted molar refractivity (Wildman–Crippen MR) is 66.1 cm³/mol. The molecule has 0 heterocycles. The average molecular weight is 242 g/mol. The molecule has 0 aliphatic heterocycles. The average Bonchev–Trinajstić information content (AvgIpc) is 2.25. The van der Waals surface area contributed by atoms with Crippen molar-refractivity contribution in [3.8, 4) is 0 Å². The molecule has 0 saturated heterocycles. The molecule has 0 unspecified atom stereocenters. The van der Waals surface area contributed by atoms with Gasteiger partial charge in [0.1, 0.15) is 0 Å². The van der Waals surface area contributed by atoms with E-state index < -0.39 is 0 Å². The minimum Gasteiger partial charge on any atom is -0.469 e. The molecule has 1 rings (SSSR count). The predicted octanol–water partition coefficient (Wildman–Crippen LogP) is 2.65. The highest BCUT2D eigenvalue weighted by Gasteiger charge is 2.07. The minimum absolute atomic E-state index is 0.196. The van der Waals surface area contributed by atoms with E-state index in [0.29, 0.717) is 13.0 Å². The van der Waals surface area contributed by atoms with E-state index in [1.165, 1.54) is 7.11 Å². The Labute approximate surface area is 101 Å². The first-order valence-electron chi connectivity index (χ1n) is 5.08. The van der Waals surface area contributed by atoms with E-state index in [-0.39, 0.29) is 5.97 Å². The van der Waals surface area contributed by atoms with E-state index in [1.807, 2.05) is 37.1 Å². The third kappa shape index (κ3) is 3.42. The Morgan fingerprint density at radius 1 is 1.50 bits per heavy atom. The maximum atomic E-state index is 11.0. The van der Waals surface area contributed by atoms with Crippen LogP contribution in [0.5, 0.6) is 0 Å². The Balaban J connectivity index is 2.65. The van der Waals surface area contributed by atoms with Gasteiger partial charge in [-0.3, -0.25) is 4.79 Å². The first-order chi connectivity index (χ1) is 7.54. The summed E-state index contributed by atoms with van der Waals surface area (Å²) in [7, 11) is 3.34. The number of carbonyl (C=O) groups excluding carboxylic acids is 1. The molecule has 3 nitrogen and oxygen atoms in total. The lowest BCUT2D eigenvalue weighted by atomic mass is 10.2. The third-order valence-electron chi connectivity index (χ3n) is 2.45. The van der Waals surface area contributed by atoms with Gasteiger partial charge in [0.25, 0.3) is 0 Å². The summed E-state index contributed by atoms with van der Waals surface area (Å²) in [4.78, 5) is 13.0. The highest BCUT2D eigenvalue weighted by molar-refractivity contribution is 6.30. The molecule has 0 radical (unpaired) electrons. The summed E-state index contributed by atoms with van der Waals surface area (Å²) in [5, 5.41) is 0.725. The van der Waals surface area contributed by atoms with Crippen molar-refractivity contribution in [2.75, 3.05) is 25.6 Å². The fourth-order valence-corrected chi connectivity index (χ4v) is 1.76. The Kier molecular flexibility index (Phi) is 4.62. The molecule has 0 atom stereocenters. The van der Waals surface area contributed by atoms with Crippen LogP contribution in [0.3, 0.4) is 0 Å². The van der Waals surface area contributed by atoms with Crippen LogP contribution in [0.15, 0.2) is 18.2 Å². The second-order valence-corrected chi connectivity index (χ2v) is 4.11. The van der Waals surface area contributed by atoms with Gasteiger partial charge in [-0.05, 0) is 30.7 Å². The van der Waals surface area contributed by atoms with Crippen LogP contribution in [0.2, 0.25) is 5.02 Å². The fourth-order valence-electron chi connectivity index (χ4n) is 1.53. The zero-order valence-corrected chi connectivity index (χ0v) is 10.5. The highest BCUT2D eigenvalue weighted by Crippen LogP contribution is 2.22. The topological polar surface area (TPSA) is 29.5 Å². The summed E-state index contributed by atoms with van der Waals surface area (Å²) in [6.45, 7) is 2.63. The molecule has 4 heteroatoms. The Bertz CT molecular complexity index is 379. The van der Waals surface area contributed by atoms with E-state index in [2.05, 4.69) is 4.74 Å². The van der Waals surface area contributed by atoms with E-state index in [1.54, 1.807) is 0 Å². The standard InChI is InChI=1S/C12H16ClNO2/c1-9-8-10(13)4-5-11(9)14(2)7-6-12(15)16-3/h4-5,8H,6-7H2,1-3H3. The SMILES string of the molecule is COC(=O)CCN(C)c1ccc(Cl)cc1C. The number of ether oxygens (including phenoxy) is 1. The monoisotopic (exact) mass is 241 g/mol. The molecule has 16 heavy (non-hydrogen) atoms. The number of halogens is 1. The van der Waals surface area contributed by atoms with Gasteiger partial charge in [0.15, 0.2) is 0 Å². The first kappa shape index (κ1) is 12.8. The number of anilines is 1. The van der Waals surface area contributed by atoms with E-state index in [4.69, 9.17) is 11.6 Å². The van der Waals surface area contributed by atoms with Gasteiger partial charge < -0.3 is 9.64 Å². The second kappa shape index (κ2) is 5.75. The number of methoxy groups -OCH3 is 1. The Morgan fingerprint density at radius 2 is 2.19 bits per heavy atom. The number of benzene rings is 1. The molecule has 88 valence electrons. The van der Waals surface area contributed by atoms with Gasteiger partial charge in [0.2, 0.25) is 0 Å². The van der Waals surface area contributed by atoms with Gasteiger partial charge in [0, 0.05) is 24.3 Å². The van der Waals surface area contributed by atoms with E-state index in [0.717, 1.165) is 16.3 Å². The van der Waals surface area contributed by atoms with Crippen LogP contribution in [0.1, 0.15) is 12.0 Å². The zero-order valence-electron chi connectivity index (χ0n) is 9.79. The normalized spacial score (nSPS) is 10.0. The van der Waals surface area contributed by atoms with Crippen molar-refractivity contribution in [2.45, 2.75) is 13.3 Å². The number of aryl methyl sites for hydroxylation is 1. The van der Waals surface area contributed by atoms with Crippen LogP contribution in [-0.4, -0.2) is 26.7 Å². The molecule has 0 N–H and O–H groups in total. The fraction of sp³-hybridized carbons (Fsp3) is 0.417. The quantitative estimate of drug-likeness (QED) is 0.759. The molecule has 0 aromatic heterocycles. The van der Waals surface area contributed by atoms with Crippen LogP contribution in [0, 0.1) is 6.92 Å². The van der Waals surface area contributed by atoms with Crippen LogP contribution < -0.4 is 4.90 Å². The van der Waals surface area contributed by atoms with Crippen molar-refractivity contribution in [3.05, 3.63) is 28.8 Å². The van der Waals surface area contributed by atoms with Gasteiger partial charge >= 0.3 is 5.97 Å². The van der Waals surface area contributed by atoms with Crippen LogP contribution in [0.4, 0.5) is 5.69 Å². The molecule has 0 aliphatic carbocycles. The number of esters is 1.